The van der Waals surface area contributed by atoms with Crippen LogP contribution in [0.15, 0.2) is 4.99 Å². The van der Waals surface area contributed by atoms with Crippen molar-refractivity contribution in [3.05, 3.63) is 0 Å². The van der Waals surface area contributed by atoms with Crippen LogP contribution in [0.5, 0.6) is 0 Å². The standard InChI is InChI=1S/C6H12NO2P/c1-10(8,9)6-4-2-3-5-7-6/h2-5H2,1H3,(H,8,9). The van der Waals surface area contributed by atoms with Gasteiger partial charge in [0.05, 0.1) is 5.45 Å². The summed E-state index contributed by atoms with van der Waals surface area (Å²) in [6, 6.07) is 0. The fourth-order valence-corrected chi connectivity index (χ4v) is 1.96. The predicted octanol–water partition coefficient (Wildman–Crippen LogP) is 1.47. The highest BCUT2D eigenvalue weighted by molar-refractivity contribution is 7.75. The molecule has 3 nitrogen and oxygen atoms in total. The Bertz CT molecular complexity index is 194. The Hall–Kier alpha value is -0.140. The fourth-order valence-electron chi connectivity index (χ4n) is 1.02. The molecule has 4 heteroatoms. The van der Waals surface area contributed by atoms with Gasteiger partial charge < -0.3 is 4.89 Å². The first-order valence-electron chi connectivity index (χ1n) is 3.45. The first-order chi connectivity index (χ1) is 4.61. The van der Waals surface area contributed by atoms with Gasteiger partial charge in [-0.05, 0) is 19.3 Å². The third-order valence-corrected chi connectivity index (χ3v) is 2.90. The van der Waals surface area contributed by atoms with Crippen LogP contribution in [-0.4, -0.2) is 23.6 Å². The van der Waals surface area contributed by atoms with Gasteiger partial charge in [-0.15, -0.1) is 0 Å². The van der Waals surface area contributed by atoms with Crippen LogP contribution < -0.4 is 0 Å². The summed E-state index contributed by atoms with van der Waals surface area (Å²) in [7, 11) is -2.99. The largest absolute Gasteiger partial charge is 0.340 e. The average molecular weight is 161 g/mol. The van der Waals surface area contributed by atoms with Crippen LogP contribution in [0.3, 0.4) is 0 Å². The lowest BCUT2D eigenvalue weighted by atomic mass is 10.2. The minimum absolute atomic E-state index is 0.527. The third kappa shape index (κ3) is 1.93. The van der Waals surface area contributed by atoms with Crippen LogP contribution in [-0.2, 0) is 4.57 Å². The molecule has 58 valence electrons. The van der Waals surface area contributed by atoms with E-state index in [1.54, 1.807) is 0 Å². The SMILES string of the molecule is CP(=O)(O)C1=NCCCC1. The van der Waals surface area contributed by atoms with Crippen molar-refractivity contribution in [1.82, 2.24) is 0 Å². The zero-order valence-corrected chi connectivity index (χ0v) is 6.97. The van der Waals surface area contributed by atoms with Crippen molar-refractivity contribution < 1.29 is 9.46 Å². The first-order valence-corrected chi connectivity index (χ1v) is 5.55. The molecule has 0 amide bonds. The van der Waals surface area contributed by atoms with E-state index in [4.69, 9.17) is 4.89 Å². The third-order valence-electron chi connectivity index (χ3n) is 1.58. The Morgan fingerprint density at radius 2 is 2.30 bits per heavy atom. The van der Waals surface area contributed by atoms with Crippen molar-refractivity contribution in [2.45, 2.75) is 19.3 Å². The van der Waals surface area contributed by atoms with E-state index in [1.165, 1.54) is 6.66 Å². The number of nitrogens with zero attached hydrogens (tertiary/aromatic N) is 1. The van der Waals surface area contributed by atoms with E-state index in [1.807, 2.05) is 0 Å². The maximum absolute atomic E-state index is 11.0. The molecule has 1 aliphatic heterocycles. The van der Waals surface area contributed by atoms with Gasteiger partial charge in [0.2, 0.25) is 7.37 Å². The quantitative estimate of drug-likeness (QED) is 0.592. The monoisotopic (exact) mass is 161 g/mol. The topological polar surface area (TPSA) is 49.7 Å². The van der Waals surface area contributed by atoms with E-state index in [2.05, 4.69) is 4.99 Å². The van der Waals surface area contributed by atoms with Crippen LogP contribution in [0.4, 0.5) is 0 Å². The van der Waals surface area contributed by atoms with E-state index in [-0.39, 0.29) is 0 Å². The van der Waals surface area contributed by atoms with E-state index in [0.717, 1.165) is 19.4 Å². The molecule has 0 spiro atoms. The summed E-state index contributed by atoms with van der Waals surface area (Å²) in [6.07, 6.45) is 2.78. The van der Waals surface area contributed by atoms with Crippen molar-refractivity contribution in [2.24, 2.45) is 4.99 Å². The Balaban J connectivity index is 2.72. The molecule has 1 N–H and O–H groups in total. The fraction of sp³-hybridized carbons (Fsp3) is 0.833. The second kappa shape index (κ2) is 2.85. The van der Waals surface area contributed by atoms with Crippen LogP contribution in [0.1, 0.15) is 19.3 Å². The molecule has 1 unspecified atom stereocenters. The van der Waals surface area contributed by atoms with Gasteiger partial charge in [0, 0.05) is 13.2 Å². The molecule has 0 fully saturated rings. The molecule has 10 heavy (non-hydrogen) atoms. The minimum atomic E-state index is -2.99. The molecule has 0 aromatic heterocycles. The zero-order chi connectivity index (χ0) is 7.61. The van der Waals surface area contributed by atoms with Crippen LogP contribution in [0.25, 0.3) is 0 Å². The first kappa shape index (κ1) is 7.96. The van der Waals surface area contributed by atoms with Crippen LogP contribution in [0, 0.1) is 0 Å². The molecule has 0 bridgehead atoms. The summed E-state index contributed by atoms with van der Waals surface area (Å²) in [6.45, 7) is 2.09. The summed E-state index contributed by atoms with van der Waals surface area (Å²) in [5, 5.41) is 0. The molecule has 0 aliphatic carbocycles. The van der Waals surface area contributed by atoms with E-state index in [9.17, 15) is 4.57 Å². The highest BCUT2D eigenvalue weighted by Crippen LogP contribution is 2.40. The Morgan fingerprint density at radius 1 is 1.60 bits per heavy atom. The number of aliphatic imine (C=N–C) groups is 1. The van der Waals surface area contributed by atoms with Gasteiger partial charge in [-0.3, -0.25) is 9.56 Å². The highest BCUT2D eigenvalue weighted by atomic mass is 31.2. The molecule has 1 heterocycles. The molecule has 1 aliphatic rings. The number of hydrogen-bond donors (Lipinski definition) is 1. The molecule has 0 aromatic carbocycles. The normalized spacial score (nSPS) is 25.2. The zero-order valence-electron chi connectivity index (χ0n) is 6.08. The van der Waals surface area contributed by atoms with Crippen molar-refractivity contribution >= 4 is 12.8 Å². The predicted molar refractivity (Wildman–Crippen MR) is 41.9 cm³/mol. The maximum Gasteiger partial charge on any atom is 0.239 e. The van der Waals surface area contributed by atoms with Crippen molar-refractivity contribution in [2.75, 3.05) is 13.2 Å². The maximum atomic E-state index is 11.0. The average Bonchev–Trinajstić information content (AvgIpc) is 1.88. The number of rotatable bonds is 1. The summed E-state index contributed by atoms with van der Waals surface area (Å²) in [5.74, 6) is 0. The van der Waals surface area contributed by atoms with Crippen molar-refractivity contribution in [3.63, 3.8) is 0 Å². The molecule has 0 saturated heterocycles. The van der Waals surface area contributed by atoms with Crippen molar-refractivity contribution in [1.29, 1.82) is 0 Å². The van der Waals surface area contributed by atoms with Gasteiger partial charge in [0.1, 0.15) is 0 Å². The smallest absolute Gasteiger partial charge is 0.239 e. The van der Waals surface area contributed by atoms with Gasteiger partial charge in [0.25, 0.3) is 0 Å². The van der Waals surface area contributed by atoms with E-state index >= 15 is 0 Å². The van der Waals surface area contributed by atoms with E-state index in [0.29, 0.717) is 11.9 Å². The van der Waals surface area contributed by atoms with Gasteiger partial charge in [-0.2, -0.15) is 0 Å². The summed E-state index contributed by atoms with van der Waals surface area (Å²) >= 11 is 0. The van der Waals surface area contributed by atoms with Gasteiger partial charge >= 0.3 is 0 Å². The molecule has 1 rings (SSSR count). The lowest BCUT2D eigenvalue weighted by Crippen LogP contribution is -2.05. The van der Waals surface area contributed by atoms with Gasteiger partial charge in [0.15, 0.2) is 0 Å². The second-order valence-electron chi connectivity index (χ2n) is 2.63. The van der Waals surface area contributed by atoms with Crippen molar-refractivity contribution in [3.8, 4) is 0 Å². The Labute approximate surface area is 60.6 Å². The van der Waals surface area contributed by atoms with Gasteiger partial charge in [-0.25, -0.2) is 0 Å². The Kier molecular flexibility index (Phi) is 2.27. The van der Waals surface area contributed by atoms with Crippen LogP contribution >= 0.6 is 7.37 Å². The lowest BCUT2D eigenvalue weighted by molar-refractivity contribution is 0.497. The highest BCUT2D eigenvalue weighted by Gasteiger charge is 2.20. The van der Waals surface area contributed by atoms with Gasteiger partial charge in [-0.1, -0.05) is 0 Å². The molecule has 0 saturated carbocycles. The summed E-state index contributed by atoms with van der Waals surface area (Å²) < 4.78 is 11.0. The minimum Gasteiger partial charge on any atom is -0.340 e. The number of hydrogen-bond acceptors (Lipinski definition) is 2. The lowest BCUT2D eigenvalue weighted by Gasteiger charge is -2.13. The van der Waals surface area contributed by atoms with E-state index < -0.39 is 7.37 Å². The summed E-state index contributed by atoms with van der Waals surface area (Å²) in [4.78, 5) is 13.1. The summed E-state index contributed by atoms with van der Waals surface area (Å²) in [5.41, 5.74) is 0.527. The molecule has 0 aromatic rings. The molecular formula is C6H12NO2P. The Morgan fingerprint density at radius 3 is 2.60 bits per heavy atom. The molecule has 1 atom stereocenters. The second-order valence-corrected chi connectivity index (χ2v) is 4.91. The molecule has 0 radical (unpaired) electrons. The van der Waals surface area contributed by atoms with Crippen LogP contribution in [0.2, 0.25) is 0 Å². The molecular weight excluding hydrogens is 149 g/mol.